The van der Waals surface area contributed by atoms with Gasteiger partial charge in [0.1, 0.15) is 6.54 Å². The van der Waals surface area contributed by atoms with Crippen molar-refractivity contribution >= 4 is 22.7 Å². The second kappa shape index (κ2) is 8.52. The minimum Gasteiger partial charge on any atom is -0.352 e. The van der Waals surface area contributed by atoms with Crippen LogP contribution < -0.4 is 11.1 Å². The zero-order valence-electron chi connectivity index (χ0n) is 16.1. The number of rotatable bonds is 6. The predicted molar refractivity (Wildman–Crippen MR) is 105 cm³/mol. The molecule has 1 fully saturated rings. The van der Waals surface area contributed by atoms with Crippen LogP contribution in [0.4, 0.5) is 0 Å². The third kappa shape index (κ3) is 4.86. The van der Waals surface area contributed by atoms with Crippen LogP contribution in [0.2, 0.25) is 0 Å². The van der Waals surface area contributed by atoms with Gasteiger partial charge in [-0.3, -0.25) is 14.6 Å². The SMILES string of the molecule is CC(C)C[C@@H](N)C(=O)NC1CCN(C(=O)Cn2ccc3ccncc32)CC1. The Hall–Kier alpha value is -2.41. The van der Waals surface area contributed by atoms with Crippen molar-refractivity contribution in [3.8, 4) is 0 Å². The Labute approximate surface area is 159 Å². The first kappa shape index (κ1) is 19.4. The third-order valence-corrected chi connectivity index (χ3v) is 5.14. The number of likely N-dealkylation sites (tertiary alicyclic amines) is 1. The molecule has 27 heavy (non-hydrogen) atoms. The number of nitrogens with zero attached hydrogens (tertiary/aromatic N) is 3. The lowest BCUT2D eigenvalue weighted by Crippen LogP contribution is -2.51. The Bertz CT molecular complexity index is 793. The predicted octanol–water partition coefficient (Wildman–Crippen LogP) is 1.52. The van der Waals surface area contributed by atoms with Crippen LogP contribution in [-0.4, -0.2) is 51.4 Å². The van der Waals surface area contributed by atoms with E-state index in [-0.39, 0.29) is 17.9 Å². The molecule has 3 rings (SSSR count). The highest BCUT2D eigenvalue weighted by Crippen LogP contribution is 2.16. The summed E-state index contributed by atoms with van der Waals surface area (Å²) < 4.78 is 1.93. The maximum atomic E-state index is 12.6. The summed E-state index contributed by atoms with van der Waals surface area (Å²) in [6.07, 6.45) is 7.67. The smallest absolute Gasteiger partial charge is 0.242 e. The molecule has 0 spiro atoms. The maximum absolute atomic E-state index is 12.6. The largest absolute Gasteiger partial charge is 0.352 e. The van der Waals surface area contributed by atoms with E-state index in [4.69, 9.17) is 5.73 Å². The van der Waals surface area contributed by atoms with Gasteiger partial charge < -0.3 is 20.5 Å². The molecule has 7 heteroatoms. The summed E-state index contributed by atoms with van der Waals surface area (Å²) in [6, 6.07) is 3.57. The molecule has 2 aromatic rings. The van der Waals surface area contributed by atoms with Gasteiger partial charge in [-0.1, -0.05) is 13.8 Å². The normalized spacial score (nSPS) is 16.7. The van der Waals surface area contributed by atoms with Crippen LogP contribution in [0.25, 0.3) is 10.9 Å². The zero-order chi connectivity index (χ0) is 19.4. The molecule has 1 aliphatic heterocycles. The highest BCUT2D eigenvalue weighted by molar-refractivity contribution is 5.83. The quantitative estimate of drug-likeness (QED) is 0.805. The van der Waals surface area contributed by atoms with Crippen LogP contribution in [0.15, 0.2) is 30.7 Å². The van der Waals surface area contributed by atoms with E-state index < -0.39 is 6.04 Å². The number of hydrogen-bond donors (Lipinski definition) is 2. The van der Waals surface area contributed by atoms with Gasteiger partial charge in [0.05, 0.1) is 17.8 Å². The molecule has 0 saturated carbocycles. The van der Waals surface area contributed by atoms with Crippen LogP contribution in [0.1, 0.15) is 33.1 Å². The molecule has 0 aliphatic carbocycles. The van der Waals surface area contributed by atoms with E-state index in [1.54, 1.807) is 12.4 Å². The molecule has 3 N–H and O–H groups in total. The number of piperidine rings is 1. The fraction of sp³-hybridized carbons (Fsp3) is 0.550. The molecule has 146 valence electrons. The van der Waals surface area contributed by atoms with Crippen LogP contribution in [-0.2, 0) is 16.1 Å². The molecule has 0 unspecified atom stereocenters. The van der Waals surface area contributed by atoms with Crippen molar-refractivity contribution in [2.45, 2.75) is 51.7 Å². The van der Waals surface area contributed by atoms with Crippen molar-refractivity contribution in [1.29, 1.82) is 0 Å². The van der Waals surface area contributed by atoms with Gasteiger partial charge in [0.2, 0.25) is 11.8 Å². The molecule has 2 amide bonds. The molecule has 1 aliphatic rings. The Morgan fingerprint density at radius 2 is 2.04 bits per heavy atom. The number of hydrogen-bond acceptors (Lipinski definition) is 4. The summed E-state index contributed by atoms with van der Waals surface area (Å²) >= 11 is 0. The van der Waals surface area contributed by atoms with E-state index in [9.17, 15) is 9.59 Å². The van der Waals surface area contributed by atoms with E-state index in [0.717, 1.165) is 23.7 Å². The van der Waals surface area contributed by atoms with Crippen molar-refractivity contribution in [3.05, 3.63) is 30.7 Å². The van der Waals surface area contributed by atoms with E-state index in [2.05, 4.69) is 24.1 Å². The number of nitrogens with two attached hydrogens (primary N) is 1. The number of fused-ring (bicyclic) bond motifs is 1. The van der Waals surface area contributed by atoms with Crippen LogP contribution in [0.3, 0.4) is 0 Å². The standard InChI is InChI=1S/C20H29N5O2/c1-14(2)11-17(21)20(27)23-16-5-9-24(10-6-16)19(26)13-25-8-4-15-3-7-22-12-18(15)25/h3-4,7-8,12,14,16-17H,5-6,9-11,13,21H2,1-2H3,(H,23,27)/t17-/m1/s1. The Morgan fingerprint density at radius 1 is 1.30 bits per heavy atom. The summed E-state index contributed by atoms with van der Waals surface area (Å²) in [5.41, 5.74) is 6.91. The first-order valence-electron chi connectivity index (χ1n) is 9.66. The van der Waals surface area contributed by atoms with Crippen LogP contribution in [0, 0.1) is 5.92 Å². The van der Waals surface area contributed by atoms with E-state index in [1.165, 1.54) is 0 Å². The van der Waals surface area contributed by atoms with E-state index in [0.29, 0.717) is 32.0 Å². The Balaban J connectivity index is 1.49. The van der Waals surface area contributed by atoms with Crippen LogP contribution >= 0.6 is 0 Å². The molecule has 3 heterocycles. The molecule has 1 atom stereocenters. The lowest BCUT2D eigenvalue weighted by Gasteiger charge is -2.33. The Kier molecular flexibility index (Phi) is 6.11. The number of pyridine rings is 1. The van der Waals surface area contributed by atoms with Gasteiger partial charge in [0.15, 0.2) is 0 Å². The lowest BCUT2D eigenvalue weighted by atomic mass is 10.0. The summed E-state index contributed by atoms with van der Waals surface area (Å²) in [4.78, 5) is 30.8. The van der Waals surface area contributed by atoms with Gasteiger partial charge in [-0.2, -0.15) is 0 Å². The minimum absolute atomic E-state index is 0.0835. The molecular weight excluding hydrogens is 342 g/mol. The van der Waals surface area contributed by atoms with Gasteiger partial charge in [-0.15, -0.1) is 0 Å². The van der Waals surface area contributed by atoms with Crippen molar-refractivity contribution in [1.82, 2.24) is 19.8 Å². The van der Waals surface area contributed by atoms with Crippen molar-refractivity contribution in [2.75, 3.05) is 13.1 Å². The summed E-state index contributed by atoms with van der Waals surface area (Å²) in [5.74, 6) is 0.405. The maximum Gasteiger partial charge on any atom is 0.242 e. The molecule has 0 bridgehead atoms. The first-order chi connectivity index (χ1) is 12.9. The molecule has 7 nitrogen and oxygen atoms in total. The summed E-state index contributed by atoms with van der Waals surface area (Å²) in [7, 11) is 0. The average Bonchev–Trinajstić information content (AvgIpc) is 3.04. The fourth-order valence-corrected chi connectivity index (χ4v) is 3.61. The topological polar surface area (TPSA) is 93.3 Å². The minimum atomic E-state index is -0.458. The van der Waals surface area contributed by atoms with Crippen molar-refractivity contribution in [3.63, 3.8) is 0 Å². The number of carbonyl (C=O) groups excluding carboxylic acids is 2. The first-order valence-corrected chi connectivity index (χ1v) is 9.66. The highest BCUT2D eigenvalue weighted by Gasteiger charge is 2.25. The van der Waals surface area contributed by atoms with Crippen molar-refractivity contribution in [2.24, 2.45) is 11.7 Å². The van der Waals surface area contributed by atoms with Gasteiger partial charge in [0, 0.05) is 36.9 Å². The molecule has 1 saturated heterocycles. The molecule has 0 radical (unpaired) electrons. The summed E-state index contributed by atoms with van der Waals surface area (Å²) in [6.45, 7) is 5.73. The second-order valence-corrected chi connectivity index (χ2v) is 7.78. The Morgan fingerprint density at radius 3 is 2.74 bits per heavy atom. The van der Waals surface area contributed by atoms with Gasteiger partial charge in [0.25, 0.3) is 0 Å². The van der Waals surface area contributed by atoms with Crippen LogP contribution in [0.5, 0.6) is 0 Å². The zero-order valence-corrected chi connectivity index (χ0v) is 16.1. The monoisotopic (exact) mass is 371 g/mol. The second-order valence-electron chi connectivity index (χ2n) is 7.78. The average molecular weight is 371 g/mol. The number of nitrogens with one attached hydrogen (secondary N) is 1. The third-order valence-electron chi connectivity index (χ3n) is 5.14. The van der Waals surface area contributed by atoms with E-state index >= 15 is 0 Å². The number of aromatic nitrogens is 2. The number of carbonyl (C=O) groups is 2. The molecule has 2 aromatic heterocycles. The summed E-state index contributed by atoms with van der Waals surface area (Å²) in [5, 5.41) is 4.12. The molecule has 0 aromatic carbocycles. The van der Waals surface area contributed by atoms with E-state index in [1.807, 2.05) is 27.8 Å². The molecular formula is C20H29N5O2. The lowest BCUT2D eigenvalue weighted by molar-refractivity contribution is -0.133. The number of amides is 2. The highest BCUT2D eigenvalue weighted by atomic mass is 16.2. The van der Waals surface area contributed by atoms with Gasteiger partial charge in [-0.25, -0.2) is 0 Å². The fourth-order valence-electron chi connectivity index (χ4n) is 3.61. The van der Waals surface area contributed by atoms with Gasteiger partial charge >= 0.3 is 0 Å². The van der Waals surface area contributed by atoms with Gasteiger partial charge in [-0.05, 0) is 37.3 Å². The van der Waals surface area contributed by atoms with Crippen molar-refractivity contribution < 1.29 is 9.59 Å².